The fourth-order valence-electron chi connectivity index (χ4n) is 0.876. The lowest BCUT2D eigenvalue weighted by Crippen LogP contribution is -2.21. The first-order valence-corrected chi connectivity index (χ1v) is 3.60. The van der Waals surface area contributed by atoms with Gasteiger partial charge in [0.15, 0.2) is 0 Å². The van der Waals surface area contributed by atoms with Crippen LogP contribution in [0.25, 0.3) is 0 Å². The molecule has 0 amide bonds. The average molecular weight is 208 g/mol. The Kier molecular flexibility index (Phi) is 2.80. The highest BCUT2D eigenvalue weighted by molar-refractivity contribution is 5.26. The second kappa shape index (κ2) is 3.70. The van der Waals surface area contributed by atoms with Crippen LogP contribution >= 0.6 is 0 Å². The van der Waals surface area contributed by atoms with E-state index >= 15 is 0 Å². The van der Waals surface area contributed by atoms with Crippen molar-refractivity contribution in [3.05, 3.63) is 28.2 Å². The molecular formula is C7H7F3N2O2. The number of halogens is 3. The minimum absolute atomic E-state index is 0.0881. The summed E-state index contributed by atoms with van der Waals surface area (Å²) in [6, 6.07) is 1.86. The molecule has 0 saturated carbocycles. The van der Waals surface area contributed by atoms with Crippen LogP contribution in [0.15, 0.2) is 16.9 Å². The second-order valence-electron chi connectivity index (χ2n) is 2.42. The maximum atomic E-state index is 11.8. The van der Waals surface area contributed by atoms with Crippen LogP contribution in [-0.4, -0.2) is 11.3 Å². The van der Waals surface area contributed by atoms with E-state index < -0.39 is 17.7 Å². The van der Waals surface area contributed by atoms with Crippen molar-refractivity contribution in [3.8, 4) is 5.75 Å². The molecule has 0 fully saturated rings. The normalized spacial score (nSPS) is 11.4. The molecule has 7 heteroatoms. The molecule has 0 radical (unpaired) electrons. The standard InChI is InChI=1S/C7H7F3N2O2/c8-7(9,10)14-5-1-2-6(13)12-4(5)3-11/h1-2H,3,11H2,(H,12,13). The van der Waals surface area contributed by atoms with E-state index in [2.05, 4.69) is 9.72 Å². The summed E-state index contributed by atoms with van der Waals surface area (Å²) in [6.45, 7) is -0.235. The SMILES string of the molecule is NCc1[nH]c(=O)ccc1OC(F)(F)F. The van der Waals surface area contributed by atoms with Crippen molar-refractivity contribution < 1.29 is 17.9 Å². The van der Waals surface area contributed by atoms with Crippen LogP contribution in [0, 0.1) is 0 Å². The van der Waals surface area contributed by atoms with Crippen molar-refractivity contribution in [3.63, 3.8) is 0 Å². The Morgan fingerprint density at radius 3 is 2.57 bits per heavy atom. The van der Waals surface area contributed by atoms with E-state index in [1.807, 2.05) is 0 Å². The number of nitrogens with two attached hydrogens (primary N) is 1. The summed E-state index contributed by atoms with van der Waals surface area (Å²) in [6.07, 6.45) is -4.79. The Bertz CT molecular complexity index is 372. The number of H-pyrrole nitrogens is 1. The minimum Gasteiger partial charge on any atom is -0.404 e. The van der Waals surface area contributed by atoms with Crippen molar-refractivity contribution in [1.82, 2.24) is 4.98 Å². The number of hydrogen-bond acceptors (Lipinski definition) is 3. The van der Waals surface area contributed by atoms with Gasteiger partial charge in [0.2, 0.25) is 5.56 Å². The number of aromatic nitrogens is 1. The maximum Gasteiger partial charge on any atom is 0.573 e. The zero-order valence-electron chi connectivity index (χ0n) is 6.89. The predicted molar refractivity (Wildman–Crippen MR) is 41.6 cm³/mol. The van der Waals surface area contributed by atoms with Gasteiger partial charge >= 0.3 is 6.36 Å². The lowest BCUT2D eigenvalue weighted by atomic mass is 10.3. The van der Waals surface area contributed by atoms with Gasteiger partial charge in [-0.25, -0.2) is 0 Å². The number of rotatable bonds is 2. The monoisotopic (exact) mass is 208 g/mol. The van der Waals surface area contributed by atoms with Crippen LogP contribution in [0.4, 0.5) is 13.2 Å². The van der Waals surface area contributed by atoms with E-state index in [0.29, 0.717) is 0 Å². The van der Waals surface area contributed by atoms with Gasteiger partial charge in [-0.15, -0.1) is 13.2 Å². The number of alkyl halides is 3. The van der Waals surface area contributed by atoms with Crippen molar-refractivity contribution >= 4 is 0 Å². The van der Waals surface area contributed by atoms with Crippen molar-refractivity contribution in [2.24, 2.45) is 5.73 Å². The van der Waals surface area contributed by atoms with Crippen molar-refractivity contribution in [2.45, 2.75) is 12.9 Å². The van der Waals surface area contributed by atoms with Crippen LogP contribution in [0.3, 0.4) is 0 Å². The molecule has 3 N–H and O–H groups in total. The number of ether oxygens (including phenoxy) is 1. The van der Waals surface area contributed by atoms with E-state index in [4.69, 9.17) is 5.73 Å². The summed E-state index contributed by atoms with van der Waals surface area (Å²) < 4.78 is 39.0. The molecule has 0 aliphatic heterocycles. The van der Waals surface area contributed by atoms with E-state index in [-0.39, 0.29) is 12.2 Å². The Morgan fingerprint density at radius 2 is 2.07 bits per heavy atom. The quantitative estimate of drug-likeness (QED) is 0.752. The van der Waals surface area contributed by atoms with Gasteiger partial charge in [-0.2, -0.15) is 0 Å². The number of pyridine rings is 1. The van der Waals surface area contributed by atoms with Crippen molar-refractivity contribution in [2.75, 3.05) is 0 Å². The average Bonchev–Trinajstić information content (AvgIpc) is 2.06. The molecule has 0 bridgehead atoms. The highest BCUT2D eigenvalue weighted by atomic mass is 19.4. The van der Waals surface area contributed by atoms with Crippen LogP contribution < -0.4 is 16.0 Å². The third-order valence-electron chi connectivity index (χ3n) is 1.39. The van der Waals surface area contributed by atoms with E-state index in [1.54, 1.807) is 0 Å². The van der Waals surface area contributed by atoms with Crippen LogP contribution in [0.1, 0.15) is 5.69 Å². The number of nitrogens with one attached hydrogen (secondary N) is 1. The van der Waals surface area contributed by atoms with E-state index in [1.165, 1.54) is 0 Å². The highest BCUT2D eigenvalue weighted by Gasteiger charge is 2.32. The summed E-state index contributed by atoms with van der Waals surface area (Å²) in [5.74, 6) is -0.486. The molecule has 0 atom stereocenters. The lowest BCUT2D eigenvalue weighted by molar-refractivity contribution is -0.275. The van der Waals surface area contributed by atoms with Crippen LogP contribution in [0.5, 0.6) is 5.75 Å². The van der Waals surface area contributed by atoms with Gasteiger partial charge < -0.3 is 15.5 Å². The molecule has 1 aromatic rings. The predicted octanol–water partition coefficient (Wildman–Crippen LogP) is 0.732. The van der Waals surface area contributed by atoms with Gasteiger partial charge in [0.05, 0.1) is 5.69 Å². The fourth-order valence-corrected chi connectivity index (χ4v) is 0.876. The Balaban J connectivity index is 3.03. The molecule has 0 spiro atoms. The fraction of sp³-hybridized carbons (Fsp3) is 0.286. The topological polar surface area (TPSA) is 68.1 Å². The minimum atomic E-state index is -4.79. The Hall–Kier alpha value is -1.50. The molecular weight excluding hydrogens is 201 g/mol. The largest absolute Gasteiger partial charge is 0.573 e. The first-order chi connectivity index (χ1) is 6.42. The molecule has 78 valence electrons. The molecule has 0 aromatic carbocycles. The Morgan fingerprint density at radius 1 is 1.43 bits per heavy atom. The molecule has 0 aliphatic carbocycles. The summed E-state index contributed by atoms with van der Waals surface area (Å²) in [7, 11) is 0. The first kappa shape index (κ1) is 10.6. The molecule has 0 saturated heterocycles. The van der Waals surface area contributed by atoms with Gasteiger partial charge in [-0.05, 0) is 6.07 Å². The van der Waals surface area contributed by atoms with Gasteiger partial charge in [-0.1, -0.05) is 0 Å². The van der Waals surface area contributed by atoms with E-state index in [0.717, 1.165) is 12.1 Å². The van der Waals surface area contributed by atoms with Gasteiger partial charge in [0.1, 0.15) is 5.75 Å². The van der Waals surface area contributed by atoms with Gasteiger partial charge in [0, 0.05) is 12.6 Å². The van der Waals surface area contributed by atoms with Crippen LogP contribution in [-0.2, 0) is 6.54 Å². The maximum absolute atomic E-state index is 11.8. The summed E-state index contributed by atoms with van der Waals surface area (Å²) in [4.78, 5) is 12.9. The molecule has 0 aliphatic rings. The second-order valence-corrected chi connectivity index (χ2v) is 2.42. The molecule has 4 nitrogen and oxygen atoms in total. The molecule has 14 heavy (non-hydrogen) atoms. The summed E-state index contributed by atoms with van der Waals surface area (Å²) >= 11 is 0. The summed E-state index contributed by atoms with van der Waals surface area (Å²) in [5, 5.41) is 0. The van der Waals surface area contributed by atoms with Gasteiger partial charge in [0.25, 0.3) is 0 Å². The third kappa shape index (κ3) is 2.77. The first-order valence-electron chi connectivity index (χ1n) is 3.60. The van der Waals surface area contributed by atoms with Crippen molar-refractivity contribution in [1.29, 1.82) is 0 Å². The highest BCUT2D eigenvalue weighted by Crippen LogP contribution is 2.23. The van der Waals surface area contributed by atoms with E-state index in [9.17, 15) is 18.0 Å². The molecule has 1 rings (SSSR count). The summed E-state index contributed by atoms with van der Waals surface area (Å²) in [5.41, 5.74) is 4.50. The van der Waals surface area contributed by atoms with Crippen LogP contribution in [0.2, 0.25) is 0 Å². The van der Waals surface area contributed by atoms with Gasteiger partial charge in [-0.3, -0.25) is 4.79 Å². The smallest absolute Gasteiger partial charge is 0.404 e. The lowest BCUT2D eigenvalue weighted by Gasteiger charge is -2.11. The zero-order chi connectivity index (χ0) is 10.8. The number of aromatic amines is 1. The molecule has 1 heterocycles. The number of hydrogen-bond donors (Lipinski definition) is 2. The molecule has 1 aromatic heterocycles. The third-order valence-corrected chi connectivity index (χ3v) is 1.39. The molecule has 0 unspecified atom stereocenters. The zero-order valence-corrected chi connectivity index (χ0v) is 6.89. The Labute approximate surface area is 76.5 Å².